The van der Waals surface area contributed by atoms with E-state index in [1.54, 1.807) is 20.8 Å². The first-order chi connectivity index (χ1) is 13.0. The Morgan fingerprint density at radius 3 is 2.50 bits per heavy atom. The van der Waals surface area contributed by atoms with Crippen LogP contribution >= 0.6 is 0 Å². The van der Waals surface area contributed by atoms with E-state index in [9.17, 15) is 27.5 Å². The Morgan fingerprint density at radius 1 is 1.29 bits per heavy atom. The van der Waals surface area contributed by atoms with Crippen LogP contribution in [0.15, 0.2) is 23.0 Å². The van der Waals surface area contributed by atoms with Gasteiger partial charge in [-0.3, -0.25) is 4.79 Å². The number of aryl methyl sites for hydroxylation is 1. The Morgan fingerprint density at radius 2 is 1.96 bits per heavy atom. The number of nitrogens with one attached hydrogen (secondary N) is 1. The Balaban J connectivity index is 2.27. The van der Waals surface area contributed by atoms with Crippen LogP contribution in [0.4, 0.5) is 17.6 Å². The molecule has 0 saturated heterocycles. The highest BCUT2D eigenvalue weighted by atomic mass is 19.4. The first kappa shape index (κ1) is 20.0. The van der Waals surface area contributed by atoms with Crippen molar-refractivity contribution in [3.8, 4) is 0 Å². The van der Waals surface area contributed by atoms with Crippen LogP contribution in [0.2, 0.25) is 0 Å². The molecular weight excluding hydrogens is 380 g/mol. The average molecular weight is 398 g/mol. The summed E-state index contributed by atoms with van der Waals surface area (Å²) in [5.41, 5.74) is -1.43. The highest BCUT2D eigenvalue weighted by molar-refractivity contribution is 5.77. The number of aliphatic hydroxyl groups is 1. The van der Waals surface area contributed by atoms with E-state index in [2.05, 4.69) is 15.1 Å². The van der Waals surface area contributed by atoms with Gasteiger partial charge in [0.05, 0.1) is 18.2 Å². The van der Waals surface area contributed by atoms with Gasteiger partial charge in [-0.1, -0.05) is 19.9 Å². The first-order valence-electron chi connectivity index (χ1n) is 8.50. The summed E-state index contributed by atoms with van der Waals surface area (Å²) in [7, 11) is 0. The largest absolute Gasteiger partial charge is 0.416 e. The number of nitrogens with zero attached hydrogens (tertiary/aromatic N) is 3. The molecular formula is C18H18F4N4O2. The predicted octanol–water partition coefficient (Wildman–Crippen LogP) is 3.32. The molecule has 2 aromatic heterocycles. The van der Waals surface area contributed by atoms with Crippen molar-refractivity contribution >= 4 is 11.0 Å². The molecule has 3 rings (SSSR count). The van der Waals surface area contributed by atoms with E-state index in [0.29, 0.717) is 11.9 Å². The summed E-state index contributed by atoms with van der Waals surface area (Å²) in [6.45, 7) is 4.50. The van der Waals surface area contributed by atoms with E-state index in [1.165, 1.54) is 4.68 Å². The van der Waals surface area contributed by atoms with Crippen molar-refractivity contribution in [1.29, 1.82) is 0 Å². The molecule has 0 fully saturated rings. The van der Waals surface area contributed by atoms with Crippen LogP contribution in [0.25, 0.3) is 11.0 Å². The molecule has 0 radical (unpaired) electrons. The first-order valence-corrected chi connectivity index (χ1v) is 8.50. The van der Waals surface area contributed by atoms with Crippen molar-refractivity contribution in [3.63, 3.8) is 0 Å². The van der Waals surface area contributed by atoms with Crippen molar-refractivity contribution in [1.82, 2.24) is 19.7 Å². The third kappa shape index (κ3) is 3.39. The van der Waals surface area contributed by atoms with E-state index in [-0.39, 0.29) is 28.2 Å². The number of aromatic nitrogens is 4. The smallest absolute Gasteiger partial charge is 0.390 e. The maximum atomic E-state index is 14.6. The summed E-state index contributed by atoms with van der Waals surface area (Å²) >= 11 is 0. The van der Waals surface area contributed by atoms with Gasteiger partial charge in [-0.15, -0.1) is 0 Å². The minimum absolute atomic E-state index is 0.0170. The summed E-state index contributed by atoms with van der Waals surface area (Å²) in [5, 5.41) is 13.8. The zero-order valence-electron chi connectivity index (χ0n) is 15.3. The fourth-order valence-electron chi connectivity index (χ4n) is 3.25. The molecule has 0 aliphatic rings. The standard InChI is InChI=1S/C18H18F4N4O2/c1-8(2)15(11-5-4-10(6-12(11)19)18(20,21)22)26-16-14(13(7-27)25-26)17(28)24-9(3)23-16/h4-6,8,15,27H,7H2,1-3H3,(H,23,24,28). The fraction of sp³-hybridized carbons (Fsp3) is 0.389. The van der Waals surface area contributed by atoms with E-state index in [0.717, 1.165) is 12.1 Å². The van der Waals surface area contributed by atoms with Crippen LogP contribution < -0.4 is 5.56 Å². The van der Waals surface area contributed by atoms with Crippen LogP contribution in [-0.4, -0.2) is 24.9 Å². The van der Waals surface area contributed by atoms with Crippen molar-refractivity contribution in [2.45, 2.75) is 39.6 Å². The van der Waals surface area contributed by atoms with Crippen molar-refractivity contribution in [2.75, 3.05) is 0 Å². The van der Waals surface area contributed by atoms with Gasteiger partial charge < -0.3 is 10.1 Å². The Kier molecular flexibility index (Phi) is 5.00. The quantitative estimate of drug-likeness (QED) is 0.661. The second-order valence-electron chi connectivity index (χ2n) is 6.82. The van der Waals surface area contributed by atoms with Crippen LogP contribution in [0, 0.1) is 18.7 Å². The van der Waals surface area contributed by atoms with Gasteiger partial charge in [-0.05, 0) is 25.0 Å². The molecule has 1 atom stereocenters. The Labute approximate surface area is 156 Å². The molecule has 1 unspecified atom stereocenters. The number of fused-ring (bicyclic) bond motifs is 1. The summed E-state index contributed by atoms with van der Waals surface area (Å²) in [4.78, 5) is 19.1. The van der Waals surface area contributed by atoms with Gasteiger partial charge in [-0.2, -0.15) is 18.3 Å². The van der Waals surface area contributed by atoms with Gasteiger partial charge in [0.1, 0.15) is 22.7 Å². The minimum Gasteiger partial charge on any atom is -0.390 e. The molecule has 0 amide bonds. The molecule has 0 aliphatic carbocycles. The molecule has 28 heavy (non-hydrogen) atoms. The number of benzene rings is 1. The summed E-state index contributed by atoms with van der Waals surface area (Å²) in [6, 6.07) is 1.47. The van der Waals surface area contributed by atoms with Crippen LogP contribution in [0.5, 0.6) is 0 Å². The zero-order chi connectivity index (χ0) is 20.8. The topological polar surface area (TPSA) is 83.8 Å². The van der Waals surface area contributed by atoms with Crippen LogP contribution in [0.1, 0.15) is 42.5 Å². The van der Waals surface area contributed by atoms with Gasteiger partial charge >= 0.3 is 6.18 Å². The molecule has 0 bridgehead atoms. The van der Waals surface area contributed by atoms with E-state index < -0.39 is 35.8 Å². The molecule has 3 aromatic rings. The number of halogens is 4. The molecule has 2 N–H and O–H groups in total. The lowest BCUT2D eigenvalue weighted by molar-refractivity contribution is -0.137. The van der Waals surface area contributed by atoms with Crippen LogP contribution in [-0.2, 0) is 12.8 Å². The van der Waals surface area contributed by atoms with Gasteiger partial charge in [0.15, 0.2) is 5.65 Å². The molecule has 2 heterocycles. The lowest BCUT2D eigenvalue weighted by Gasteiger charge is -2.23. The second-order valence-corrected chi connectivity index (χ2v) is 6.82. The van der Waals surface area contributed by atoms with Gasteiger partial charge in [0.25, 0.3) is 5.56 Å². The lowest BCUT2D eigenvalue weighted by Crippen LogP contribution is -2.21. The maximum Gasteiger partial charge on any atom is 0.416 e. The molecule has 150 valence electrons. The summed E-state index contributed by atoms with van der Waals surface area (Å²) in [5.74, 6) is -1.05. The number of hydrogen-bond donors (Lipinski definition) is 2. The Bertz CT molecular complexity index is 1090. The van der Waals surface area contributed by atoms with E-state index >= 15 is 0 Å². The van der Waals surface area contributed by atoms with Crippen molar-refractivity contribution in [3.05, 3.63) is 57.0 Å². The third-order valence-corrected chi connectivity index (χ3v) is 4.44. The monoisotopic (exact) mass is 398 g/mol. The lowest BCUT2D eigenvalue weighted by atomic mass is 9.94. The fourth-order valence-corrected chi connectivity index (χ4v) is 3.25. The predicted molar refractivity (Wildman–Crippen MR) is 93.2 cm³/mol. The number of hydrogen-bond acceptors (Lipinski definition) is 4. The number of alkyl halides is 3. The highest BCUT2D eigenvalue weighted by Crippen LogP contribution is 2.35. The second kappa shape index (κ2) is 7.01. The van der Waals surface area contributed by atoms with Gasteiger partial charge in [0, 0.05) is 5.56 Å². The average Bonchev–Trinajstić information content (AvgIpc) is 2.94. The highest BCUT2D eigenvalue weighted by Gasteiger charge is 2.33. The molecule has 0 saturated carbocycles. The minimum atomic E-state index is -4.67. The summed E-state index contributed by atoms with van der Waals surface area (Å²) < 4.78 is 54.5. The van der Waals surface area contributed by atoms with Gasteiger partial charge in [0.2, 0.25) is 0 Å². The van der Waals surface area contributed by atoms with E-state index in [4.69, 9.17) is 0 Å². The Hall–Kier alpha value is -2.75. The molecule has 0 spiro atoms. The van der Waals surface area contributed by atoms with Gasteiger partial charge in [-0.25, -0.2) is 14.1 Å². The molecule has 1 aromatic carbocycles. The number of aliphatic hydroxyl groups excluding tert-OH is 1. The third-order valence-electron chi connectivity index (χ3n) is 4.44. The zero-order valence-corrected chi connectivity index (χ0v) is 15.3. The normalized spacial score (nSPS) is 13.5. The van der Waals surface area contributed by atoms with Crippen molar-refractivity contribution in [2.24, 2.45) is 5.92 Å². The number of aromatic amines is 1. The SMILES string of the molecule is Cc1nc2c(c(CO)nn2C(c2ccc(C(F)(F)F)cc2F)C(C)C)c(=O)[nH]1. The summed E-state index contributed by atoms with van der Waals surface area (Å²) in [6.07, 6.45) is -4.67. The van der Waals surface area contributed by atoms with E-state index in [1.807, 2.05) is 0 Å². The number of rotatable bonds is 4. The maximum absolute atomic E-state index is 14.6. The molecule has 10 heteroatoms. The number of H-pyrrole nitrogens is 1. The van der Waals surface area contributed by atoms with Crippen molar-refractivity contribution < 1.29 is 22.7 Å². The van der Waals surface area contributed by atoms with Crippen LogP contribution in [0.3, 0.4) is 0 Å². The molecule has 0 aliphatic heterocycles. The molecule has 6 nitrogen and oxygen atoms in total.